The zero-order valence-corrected chi connectivity index (χ0v) is 78.4. The van der Waals surface area contributed by atoms with Gasteiger partial charge in [0.25, 0.3) is 29.5 Å². The summed E-state index contributed by atoms with van der Waals surface area (Å²) in [4.78, 5) is 92.2. The molecule has 0 spiro atoms. The van der Waals surface area contributed by atoms with Crippen molar-refractivity contribution in [3.63, 3.8) is 0 Å². The number of hydrogen-bond acceptors (Lipinski definition) is 22. The summed E-state index contributed by atoms with van der Waals surface area (Å²) in [6, 6.07) is 74.4. The van der Waals surface area contributed by atoms with Crippen molar-refractivity contribution in [2.75, 3.05) is 53.2 Å². The van der Waals surface area contributed by atoms with Gasteiger partial charge < -0.3 is 26.6 Å². The van der Waals surface area contributed by atoms with Crippen molar-refractivity contribution in [2.45, 2.75) is 18.9 Å². The van der Waals surface area contributed by atoms with Gasteiger partial charge in [0, 0.05) is 131 Å². The molecular weight excluding hydrogens is 1920 g/mol. The molecule has 8 heterocycles. The van der Waals surface area contributed by atoms with Crippen molar-refractivity contribution in [1.29, 1.82) is 0 Å². The number of anilines is 5. The highest BCUT2D eigenvalue weighted by Gasteiger charge is 2.23. The fraction of sp³-hybridized carbons (Fsp3) is 0.0430. The summed E-state index contributed by atoms with van der Waals surface area (Å²) >= 11 is 38.2. The first-order valence-electron chi connectivity index (χ1n) is 38.8. The Labute approximate surface area is 798 Å². The van der Waals surface area contributed by atoms with Gasteiger partial charge in [-0.15, -0.1) is 11.3 Å². The molecule has 40 heteroatoms. The number of amides is 5. The third kappa shape index (κ3) is 26.8. The molecule has 8 aromatic carbocycles. The highest BCUT2D eigenvalue weighted by Crippen LogP contribution is 2.36. The summed E-state index contributed by atoms with van der Waals surface area (Å²) in [6.45, 7) is 0. The Balaban J connectivity index is 0.000000150. The van der Waals surface area contributed by atoms with Crippen LogP contribution in [0.5, 0.6) is 0 Å². The number of pyridine rings is 6. The van der Waals surface area contributed by atoms with Crippen LogP contribution in [0.1, 0.15) is 51.1 Å². The fourth-order valence-electron chi connectivity index (χ4n) is 11.9. The van der Waals surface area contributed by atoms with E-state index in [4.69, 9.17) is 74.7 Å². The number of benzene rings is 8. The molecule has 0 aliphatic carbocycles. The van der Waals surface area contributed by atoms with Gasteiger partial charge in [0.15, 0.2) is 25.5 Å². The minimum Gasteiger partial charge on any atom is -0.322 e. The molecule has 0 saturated carbocycles. The number of nitrogens with zero attached hydrogens (tertiary/aromatic N) is 10. The molecule has 16 rings (SSSR count). The molecular formula is C93H72Cl6N16O13S5. The number of sulfone groups is 2. The predicted octanol–water partition coefficient (Wildman–Crippen LogP) is 19.7. The molecule has 133 heavy (non-hydrogen) atoms. The first-order valence-corrected chi connectivity index (χ1v) is 48.7. The zero-order chi connectivity index (χ0) is 95.3. The maximum Gasteiger partial charge on any atom is 0.265 e. The van der Waals surface area contributed by atoms with E-state index in [1.165, 1.54) is 116 Å². The second kappa shape index (κ2) is 44.5. The molecule has 0 atom stereocenters. The lowest BCUT2D eigenvalue weighted by Crippen LogP contribution is -2.22. The normalized spacial score (nSPS) is 11.1. The smallest absolute Gasteiger partial charge is 0.265 e. The van der Waals surface area contributed by atoms with E-state index >= 15 is 0 Å². The van der Waals surface area contributed by atoms with Crippen LogP contribution in [0, 0.1) is 0 Å². The maximum absolute atomic E-state index is 12.5. The fourth-order valence-corrected chi connectivity index (χ4v) is 17.2. The molecule has 0 unspecified atom stereocenters. The molecule has 0 aliphatic rings. The molecule has 0 saturated heterocycles. The predicted molar refractivity (Wildman–Crippen MR) is 519 cm³/mol. The Morgan fingerprint density at radius 3 is 1.00 bits per heavy atom. The van der Waals surface area contributed by atoms with E-state index in [-0.39, 0.29) is 53.1 Å². The van der Waals surface area contributed by atoms with Gasteiger partial charge in [-0.05, 0) is 243 Å². The van der Waals surface area contributed by atoms with Crippen LogP contribution in [0.15, 0.2) is 342 Å². The third-order valence-electron chi connectivity index (χ3n) is 18.6. The summed E-state index contributed by atoms with van der Waals surface area (Å²) in [5.41, 5.74) is 11.0. The zero-order valence-electron chi connectivity index (χ0n) is 69.8. The number of carbonyl (C=O) groups excluding carboxylic acids is 5. The van der Waals surface area contributed by atoms with Gasteiger partial charge in [-0.1, -0.05) is 99.9 Å². The third-order valence-corrected chi connectivity index (χ3v) is 27.3. The van der Waals surface area contributed by atoms with E-state index in [2.05, 4.69) is 66.6 Å². The number of nitrogens with one attached hydrogen (secondary N) is 5. The van der Waals surface area contributed by atoms with Crippen molar-refractivity contribution >= 4 is 179 Å². The molecule has 674 valence electrons. The molecule has 16 aromatic rings. The van der Waals surface area contributed by atoms with Crippen molar-refractivity contribution < 1.29 is 57.6 Å². The standard InChI is InChI=1S/C20H18ClN3O3S.C19H14Cl2N2O3S.C19H13ClN6O.C18H14ClN3O3S.C17H13ClN2O3S2/c1-24(2)28(26,27)16-9-6-14(7-10-16)20(25)23-15-8-11-18(21)17(13-15)19-5-3-4-12-22-19;1-27(25,26)13-6-7-14(17(21)11-13)19(24)23-12-5-8-16(20)15(10-12)18-4-2-3-9-22-18;20-16-6-5-14(9-15(16)17-3-1-2-8-22-17)25-19(27)13-4-7-18(23-10-13)26-12-21-11-24-26;19-16-9-6-13(11-15(16)17-3-1-2-10-21-17)22-18(23)12-4-7-14(8-5-12)26(20,24)25;1-25(22,23)16-8-7-15(24-16)17(21)20-11-5-6-13(18)12(10-11)14-4-2-3-9-19-14/h3-13H,1-2H3,(H,23,25);2-11H,1H3,(H,23,24);1-12H,(H,25,27);1-11H,(H,22,23)(H2,20,24,25);2-10H,1H3,(H,20,21). The average molecular weight is 1990 g/mol. The van der Waals surface area contributed by atoms with Crippen LogP contribution in [0.3, 0.4) is 0 Å². The van der Waals surface area contributed by atoms with Gasteiger partial charge in [0.2, 0.25) is 20.0 Å². The summed E-state index contributed by atoms with van der Waals surface area (Å²) in [6.07, 6.45) is 15.0. The van der Waals surface area contributed by atoms with E-state index in [0.29, 0.717) is 126 Å². The monoisotopic (exact) mass is 1990 g/mol. The minimum absolute atomic E-state index is 0.0491. The van der Waals surface area contributed by atoms with Crippen LogP contribution in [0.25, 0.3) is 62.1 Å². The van der Waals surface area contributed by atoms with Crippen LogP contribution in [0.2, 0.25) is 30.1 Å². The first kappa shape index (κ1) is 98.3. The number of sulfonamides is 2. The van der Waals surface area contributed by atoms with Crippen molar-refractivity contribution in [1.82, 2.24) is 49.0 Å². The van der Waals surface area contributed by atoms with Crippen LogP contribution in [-0.4, -0.2) is 139 Å². The van der Waals surface area contributed by atoms with E-state index in [1.807, 2.05) is 72.8 Å². The average Bonchev–Trinajstić information content (AvgIpc) is 1.81. The van der Waals surface area contributed by atoms with Gasteiger partial charge in [-0.25, -0.2) is 57.8 Å². The highest BCUT2D eigenvalue weighted by atomic mass is 35.5. The van der Waals surface area contributed by atoms with Gasteiger partial charge in [-0.3, -0.25) is 48.9 Å². The number of halogens is 6. The van der Waals surface area contributed by atoms with E-state index < -0.39 is 45.6 Å². The number of primary sulfonamides is 1. The van der Waals surface area contributed by atoms with Gasteiger partial charge >= 0.3 is 0 Å². The van der Waals surface area contributed by atoms with E-state index in [1.54, 1.807) is 152 Å². The van der Waals surface area contributed by atoms with E-state index in [9.17, 15) is 57.6 Å². The Morgan fingerprint density at radius 2 is 0.699 bits per heavy atom. The lowest BCUT2D eigenvalue weighted by molar-refractivity contribution is 0.101. The lowest BCUT2D eigenvalue weighted by atomic mass is 10.1. The Kier molecular flexibility index (Phi) is 32.9. The number of hydrogen-bond donors (Lipinski definition) is 6. The number of carbonyl (C=O) groups is 5. The highest BCUT2D eigenvalue weighted by molar-refractivity contribution is 7.92. The second-order valence-electron chi connectivity index (χ2n) is 28.2. The molecule has 29 nitrogen and oxygen atoms in total. The molecule has 5 amide bonds. The molecule has 0 fully saturated rings. The van der Waals surface area contributed by atoms with Crippen molar-refractivity contribution in [3.05, 3.63) is 380 Å². The Morgan fingerprint density at radius 1 is 0.353 bits per heavy atom. The van der Waals surface area contributed by atoms with Gasteiger partial charge in [0.05, 0.1) is 89.3 Å². The minimum atomic E-state index is -3.80. The number of rotatable bonds is 21. The molecule has 0 aliphatic heterocycles. The summed E-state index contributed by atoms with van der Waals surface area (Å²) in [7, 11) is -11.2. The quantitative estimate of drug-likeness (QED) is 0.0389. The van der Waals surface area contributed by atoms with Crippen molar-refractivity contribution in [2.24, 2.45) is 5.14 Å². The number of aromatic nitrogens is 9. The lowest BCUT2D eigenvalue weighted by Gasteiger charge is -2.12. The van der Waals surface area contributed by atoms with Crippen LogP contribution in [-0.2, 0) is 39.7 Å². The molecule has 0 bridgehead atoms. The number of thiophene rings is 1. The first-order chi connectivity index (χ1) is 63.4. The van der Waals surface area contributed by atoms with Crippen LogP contribution < -0.4 is 31.7 Å². The molecule has 8 aromatic heterocycles. The van der Waals surface area contributed by atoms with Crippen LogP contribution in [0.4, 0.5) is 28.4 Å². The number of nitrogens with two attached hydrogens (primary N) is 1. The Bertz CT molecular complexity index is 7420. The molecule has 0 radical (unpaired) electrons. The largest absolute Gasteiger partial charge is 0.322 e. The van der Waals surface area contributed by atoms with Crippen molar-refractivity contribution in [3.8, 4) is 62.1 Å². The molecule has 7 N–H and O–H groups in total. The van der Waals surface area contributed by atoms with Crippen LogP contribution >= 0.6 is 80.9 Å². The van der Waals surface area contributed by atoms with Gasteiger partial charge in [-0.2, -0.15) is 5.10 Å². The SMILES string of the molecule is CN(C)S(=O)(=O)c1ccc(C(=O)Nc2ccc(Cl)c(-c3ccccn3)c2)cc1.CS(=O)(=O)c1ccc(C(=O)Nc2ccc(Cl)c(-c3ccccn3)c2)c(Cl)c1.CS(=O)(=O)c1ccc(C(=O)Nc2ccc(Cl)c(-c3ccccn3)c2)s1.NS(=O)(=O)c1ccc(C(=O)Nc2ccc(Cl)c(-c3ccccn3)c2)cc1.O=C(Nc1ccc(Cl)c(-c2ccccn2)c1)c1ccc(-n2cncn2)nc1. The summed E-state index contributed by atoms with van der Waals surface area (Å²) in [5, 5.41) is 25.6. The second-order valence-corrected chi connectivity index (χ2v) is 39.7. The topological polar surface area (TPSA) is 419 Å². The summed E-state index contributed by atoms with van der Waals surface area (Å²) in [5.74, 6) is -1.29. The van der Waals surface area contributed by atoms with Gasteiger partial charge in [0.1, 0.15) is 16.9 Å². The summed E-state index contributed by atoms with van der Waals surface area (Å²) < 4.78 is 95.8. The Hall–Kier alpha value is -13.7. The maximum atomic E-state index is 12.5. The van der Waals surface area contributed by atoms with E-state index in [0.717, 1.165) is 39.4 Å².